The molecule has 0 spiro atoms. The van der Waals surface area contributed by atoms with Crippen molar-refractivity contribution in [3.8, 4) is 0 Å². The van der Waals surface area contributed by atoms with Gasteiger partial charge in [0.2, 0.25) is 0 Å². The molecule has 0 saturated carbocycles. The minimum absolute atomic E-state index is 0.00373. The molecule has 0 amide bonds. The predicted octanol–water partition coefficient (Wildman–Crippen LogP) is 0.979. The minimum atomic E-state index is -0.00373. The van der Waals surface area contributed by atoms with Crippen molar-refractivity contribution in [3.63, 3.8) is 0 Å². The smallest absolute Gasteiger partial charge is 0.141 e. The molecule has 0 bridgehead atoms. The molecule has 5 nitrogen and oxygen atoms in total. The number of hydrogen-bond acceptors (Lipinski definition) is 4. The Kier molecular flexibility index (Phi) is 3.28. The maximum absolute atomic E-state index is 7.39. The van der Waals surface area contributed by atoms with Crippen molar-refractivity contribution >= 4 is 11.7 Å². The Morgan fingerprint density at radius 1 is 1.59 bits per heavy atom. The number of likely N-dealkylation sites (N-methyl/N-ethyl adjacent to an activating group) is 1. The molecule has 1 aromatic rings. The molecule has 2 atom stereocenters. The zero-order valence-electron chi connectivity index (χ0n) is 10.2. The van der Waals surface area contributed by atoms with Gasteiger partial charge in [-0.25, -0.2) is 4.98 Å². The average molecular weight is 234 g/mol. The number of hydrogen-bond donors (Lipinski definition) is 2. The van der Waals surface area contributed by atoms with E-state index in [1.54, 1.807) is 6.07 Å². The van der Waals surface area contributed by atoms with E-state index in [2.05, 4.69) is 16.8 Å². The van der Waals surface area contributed by atoms with E-state index in [9.17, 15) is 0 Å². The van der Waals surface area contributed by atoms with Crippen molar-refractivity contribution < 1.29 is 4.74 Å². The quantitative estimate of drug-likeness (QED) is 0.604. The highest BCUT2D eigenvalue weighted by Gasteiger charge is 2.28. The Morgan fingerprint density at radius 2 is 2.35 bits per heavy atom. The lowest BCUT2D eigenvalue weighted by Crippen LogP contribution is -2.37. The van der Waals surface area contributed by atoms with Gasteiger partial charge in [-0.15, -0.1) is 0 Å². The highest BCUT2D eigenvalue weighted by molar-refractivity contribution is 5.93. The molecule has 1 saturated heterocycles. The van der Waals surface area contributed by atoms with E-state index >= 15 is 0 Å². The summed E-state index contributed by atoms with van der Waals surface area (Å²) in [6, 6.07) is 5.88. The van der Waals surface area contributed by atoms with Crippen LogP contribution in [0.25, 0.3) is 0 Å². The molecule has 5 heteroatoms. The lowest BCUT2D eigenvalue weighted by atomic mass is 10.1. The molecule has 17 heavy (non-hydrogen) atoms. The number of nitrogens with zero attached hydrogens (tertiary/aromatic N) is 2. The van der Waals surface area contributed by atoms with Gasteiger partial charge in [-0.3, -0.25) is 5.41 Å². The monoisotopic (exact) mass is 234 g/mol. The van der Waals surface area contributed by atoms with Gasteiger partial charge in [-0.2, -0.15) is 0 Å². The number of amidine groups is 1. The number of ether oxygens (including phenoxy) is 1. The second kappa shape index (κ2) is 4.71. The molecule has 1 aliphatic rings. The van der Waals surface area contributed by atoms with E-state index in [1.165, 1.54) is 0 Å². The topological polar surface area (TPSA) is 75.2 Å². The summed E-state index contributed by atoms with van der Waals surface area (Å²) in [5, 5.41) is 7.39. The first-order valence-corrected chi connectivity index (χ1v) is 5.75. The summed E-state index contributed by atoms with van der Waals surface area (Å²) >= 11 is 0. The van der Waals surface area contributed by atoms with Crippen LogP contribution in [0.15, 0.2) is 18.2 Å². The molecule has 92 valence electrons. The molecule has 2 rings (SSSR count). The summed E-state index contributed by atoms with van der Waals surface area (Å²) in [6.45, 7) is 2.87. The average Bonchev–Trinajstić information content (AvgIpc) is 2.74. The molecule has 0 aromatic carbocycles. The lowest BCUT2D eigenvalue weighted by Gasteiger charge is -2.27. The number of nitrogens with two attached hydrogens (primary N) is 1. The van der Waals surface area contributed by atoms with E-state index in [0.29, 0.717) is 11.7 Å². The van der Waals surface area contributed by atoms with Gasteiger partial charge < -0.3 is 15.4 Å². The standard InChI is InChI=1S/C12H18N4O/c1-8-10(6-7-17-8)16(2)11-5-3-4-9(15-11)12(13)14/h3-5,8,10H,6-7H2,1-2H3,(H3,13,14). The van der Waals surface area contributed by atoms with Crippen LogP contribution in [0.5, 0.6) is 0 Å². The Labute approximate surface area is 101 Å². The Hall–Kier alpha value is -1.62. The second-order valence-corrected chi connectivity index (χ2v) is 4.34. The van der Waals surface area contributed by atoms with Gasteiger partial charge in [-0.05, 0) is 25.5 Å². The van der Waals surface area contributed by atoms with Crippen LogP contribution in [0.4, 0.5) is 5.82 Å². The van der Waals surface area contributed by atoms with Gasteiger partial charge >= 0.3 is 0 Å². The third-order valence-electron chi connectivity index (χ3n) is 3.21. The summed E-state index contributed by atoms with van der Waals surface area (Å²) < 4.78 is 5.55. The van der Waals surface area contributed by atoms with Crippen LogP contribution in [0.2, 0.25) is 0 Å². The summed E-state index contributed by atoms with van der Waals surface area (Å²) in [6.07, 6.45) is 1.21. The first kappa shape index (κ1) is 11.9. The van der Waals surface area contributed by atoms with Crippen LogP contribution in [0.3, 0.4) is 0 Å². The number of nitrogens with one attached hydrogen (secondary N) is 1. The summed E-state index contributed by atoms with van der Waals surface area (Å²) in [4.78, 5) is 6.47. The molecule has 3 N–H and O–H groups in total. The Balaban J connectivity index is 2.21. The fourth-order valence-electron chi connectivity index (χ4n) is 2.17. The lowest BCUT2D eigenvalue weighted by molar-refractivity contribution is 0.118. The zero-order chi connectivity index (χ0) is 12.4. The zero-order valence-corrected chi connectivity index (χ0v) is 10.2. The number of aromatic nitrogens is 1. The number of pyridine rings is 1. The van der Waals surface area contributed by atoms with E-state index in [0.717, 1.165) is 18.8 Å². The summed E-state index contributed by atoms with van der Waals surface area (Å²) in [7, 11) is 2.00. The van der Waals surface area contributed by atoms with Gasteiger partial charge in [0.1, 0.15) is 17.3 Å². The Morgan fingerprint density at radius 3 is 2.94 bits per heavy atom. The number of anilines is 1. The number of nitrogen functional groups attached to an aromatic ring is 1. The largest absolute Gasteiger partial charge is 0.382 e. The molecular weight excluding hydrogens is 216 g/mol. The predicted molar refractivity (Wildman–Crippen MR) is 67.5 cm³/mol. The Bertz CT molecular complexity index is 421. The second-order valence-electron chi connectivity index (χ2n) is 4.34. The van der Waals surface area contributed by atoms with E-state index in [-0.39, 0.29) is 11.9 Å². The molecule has 1 fully saturated rings. The molecule has 1 aromatic heterocycles. The van der Waals surface area contributed by atoms with Crippen LogP contribution in [0, 0.1) is 5.41 Å². The van der Waals surface area contributed by atoms with Gasteiger partial charge in [0.15, 0.2) is 0 Å². The van der Waals surface area contributed by atoms with E-state index in [1.807, 2.05) is 19.2 Å². The van der Waals surface area contributed by atoms with E-state index < -0.39 is 0 Å². The fraction of sp³-hybridized carbons (Fsp3) is 0.500. The van der Waals surface area contributed by atoms with E-state index in [4.69, 9.17) is 15.9 Å². The molecule has 2 unspecified atom stereocenters. The van der Waals surface area contributed by atoms with Gasteiger partial charge in [0.25, 0.3) is 0 Å². The van der Waals surface area contributed by atoms with Crippen molar-refractivity contribution in [2.24, 2.45) is 5.73 Å². The maximum Gasteiger partial charge on any atom is 0.141 e. The van der Waals surface area contributed by atoms with Crippen LogP contribution in [-0.4, -0.2) is 36.6 Å². The van der Waals surface area contributed by atoms with Crippen molar-refractivity contribution in [1.82, 2.24) is 4.98 Å². The SMILES string of the molecule is CC1OCCC1N(C)c1cccc(C(=N)N)n1. The first-order chi connectivity index (χ1) is 8.09. The third kappa shape index (κ3) is 2.39. The van der Waals surface area contributed by atoms with Crippen LogP contribution in [0.1, 0.15) is 19.0 Å². The van der Waals surface area contributed by atoms with Gasteiger partial charge in [-0.1, -0.05) is 6.07 Å². The molecule has 0 radical (unpaired) electrons. The van der Waals surface area contributed by atoms with Crippen molar-refractivity contribution in [2.45, 2.75) is 25.5 Å². The normalized spacial score (nSPS) is 23.6. The van der Waals surface area contributed by atoms with Crippen LogP contribution >= 0.6 is 0 Å². The minimum Gasteiger partial charge on any atom is -0.382 e. The highest BCUT2D eigenvalue weighted by Crippen LogP contribution is 2.22. The molecule has 0 aliphatic carbocycles. The highest BCUT2D eigenvalue weighted by atomic mass is 16.5. The van der Waals surface area contributed by atoms with Gasteiger partial charge in [0.05, 0.1) is 12.1 Å². The van der Waals surface area contributed by atoms with Crippen LogP contribution < -0.4 is 10.6 Å². The van der Waals surface area contributed by atoms with Gasteiger partial charge in [0, 0.05) is 13.7 Å². The van der Waals surface area contributed by atoms with Crippen molar-refractivity contribution in [2.75, 3.05) is 18.6 Å². The fourth-order valence-corrected chi connectivity index (χ4v) is 2.17. The van der Waals surface area contributed by atoms with Crippen molar-refractivity contribution in [1.29, 1.82) is 5.41 Å². The summed E-state index contributed by atoms with van der Waals surface area (Å²) in [5.74, 6) is 0.830. The van der Waals surface area contributed by atoms with Crippen molar-refractivity contribution in [3.05, 3.63) is 23.9 Å². The summed E-state index contributed by atoms with van der Waals surface area (Å²) in [5.41, 5.74) is 5.96. The molecule has 1 aliphatic heterocycles. The van der Waals surface area contributed by atoms with Crippen LogP contribution in [-0.2, 0) is 4.74 Å². The molecule has 2 heterocycles. The first-order valence-electron chi connectivity index (χ1n) is 5.75. The third-order valence-corrected chi connectivity index (χ3v) is 3.21. The molecular formula is C12H18N4O. The maximum atomic E-state index is 7.39. The number of rotatable bonds is 3.